The molecule has 1 heterocycles. The number of rotatable bonds is 5. The molecule has 6 heteroatoms. The third-order valence-corrected chi connectivity index (χ3v) is 3.36. The summed E-state index contributed by atoms with van der Waals surface area (Å²) in [6.45, 7) is 3.74. The van der Waals surface area contributed by atoms with Crippen LogP contribution in [0.1, 0.15) is 12.0 Å². The Labute approximate surface area is 129 Å². The lowest BCUT2D eigenvalue weighted by molar-refractivity contribution is 0.632. The normalized spacial score (nSPS) is 10.3. The van der Waals surface area contributed by atoms with Gasteiger partial charge in [-0.1, -0.05) is 11.6 Å². The van der Waals surface area contributed by atoms with Crippen molar-refractivity contribution in [3.05, 3.63) is 47.5 Å². The zero-order valence-corrected chi connectivity index (χ0v) is 12.8. The van der Waals surface area contributed by atoms with E-state index >= 15 is 0 Å². The molecule has 0 saturated heterocycles. The van der Waals surface area contributed by atoms with E-state index in [1.165, 1.54) is 0 Å². The number of nitrogens with zero attached hydrogens (tertiary/aromatic N) is 2. The van der Waals surface area contributed by atoms with Gasteiger partial charge < -0.3 is 15.2 Å². The van der Waals surface area contributed by atoms with E-state index in [1.54, 1.807) is 6.20 Å². The summed E-state index contributed by atoms with van der Waals surface area (Å²) in [5.41, 5.74) is 2.04. The fourth-order valence-electron chi connectivity index (χ4n) is 1.82. The molecule has 0 saturated carbocycles. The average Bonchev–Trinajstić information content (AvgIpc) is 2.91. The predicted octanol–water partition coefficient (Wildman–Crippen LogP) is 3.22. The topological polar surface area (TPSA) is 41.9 Å². The van der Waals surface area contributed by atoms with Crippen LogP contribution >= 0.6 is 23.8 Å². The fourth-order valence-corrected chi connectivity index (χ4v) is 2.26. The van der Waals surface area contributed by atoms with Crippen LogP contribution in [0.15, 0.2) is 36.9 Å². The summed E-state index contributed by atoms with van der Waals surface area (Å²) in [5, 5.41) is 7.72. The van der Waals surface area contributed by atoms with Crippen LogP contribution in [0.3, 0.4) is 0 Å². The number of hydrogen-bond donors (Lipinski definition) is 2. The van der Waals surface area contributed by atoms with Crippen LogP contribution in [-0.2, 0) is 6.54 Å². The van der Waals surface area contributed by atoms with Crippen molar-refractivity contribution in [3.8, 4) is 0 Å². The number of halogens is 1. The molecular weight excluding hydrogens is 292 g/mol. The Morgan fingerprint density at radius 2 is 2.30 bits per heavy atom. The Morgan fingerprint density at radius 3 is 3.00 bits per heavy atom. The molecule has 4 nitrogen and oxygen atoms in total. The number of aryl methyl sites for hydroxylation is 2. The predicted molar refractivity (Wildman–Crippen MR) is 87.3 cm³/mol. The molecule has 0 amide bonds. The number of anilines is 1. The van der Waals surface area contributed by atoms with E-state index in [9.17, 15) is 0 Å². The van der Waals surface area contributed by atoms with Crippen molar-refractivity contribution >= 4 is 34.6 Å². The standard InChI is InChI=1S/C14H17ClN4S/c1-11-9-12(15)3-4-13(11)18-14(20)17-5-2-7-19-8-6-16-10-19/h3-4,6,8-10H,2,5,7H2,1H3,(H2,17,18,20). The molecule has 0 aliphatic heterocycles. The van der Waals surface area contributed by atoms with E-state index in [0.29, 0.717) is 5.11 Å². The maximum absolute atomic E-state index is 5.92. The van der Waals surface area contributed by atoms with Crippen molar-refractivity contribution in [3.63, 3.8) is 0 Å². The minimum Gasteiger partial charge on any atom is -0.362 e. The van der Waals surface area contributed by atoms with Crippen molar-refractivity contribution in [2.75, 3.05) is 11.9 Å². The third-order valence-electron chi connectivity index (χ3n) is 2.87. The van der Waals surface area contributed by atoms with Gasteiger partial charge in [-0.25, -0.2) is 4.98 Å². The van der Waals surface area contributed by atoms with Crippen LogP contribution in [0.5, 0.6) is 0 Å². The molecule has 2 aromatic rings. The van der Waals surface area contributed by atoms with Gasteiger partial charge in [0.05, 0.1) is 6.33 Å². The highest BCUT2D eigenvalue weighted by Crippen LogP contribution is 2.19. The minimum atomic E-state index is 0.626. The molecule has 20 heavy (non-hydrogen) atoms. The lowest BCUT2D eigenvalue weighted by Crippen LogP contribution is -2.30. The minimum absolute atomic E-state index is 0.626. The first kappa shape index (κ1) is 14.8. The molecule has 0 bridgehead atoms. The molecule has 2 N–H and O–H groups in total. The molecular formula is C14H17ClN4S. The number of imidazole rings is 1. The molecule has 0 fully saturated rings. The van der Waals surface area contributed by atoms with Crippen LogP contribution in [0.4, 0.5) is 5.69 Å². The summed E-state index contributed by atoms with van der Waals surface area (Å²) in [5.74, 6) is 0. The van der Waals surface area contributed by atoms with Crippen LogP contribution in [0, 0.1) is 6.92 Å². The smallest absolute Gasteiger partial charge is 0.170 e. The first-order chi connectivity index (χ1) is 9.65. The maximum Gasteiger partial charge on any atom is 0.170 e. The molecule has 0 radical (unpaired) electrons. The van der Waals surface area contributed by atoms with E-state index in [0.717, 1.165) is 35.8 Å². The van der Waals surface area contributed by atoms with Crippen molar-refractivity contribution < 1.29 is 0 Å². The lowest BCUT2D eigenvalue weighted by Gasteiger charge is -2.12. The number of hydrogen-bond acceptors (Lipinski definition) is 2. The summed E-state index contributed by atoms with van der Waals surface area (Å²) in [6, 6.07) is 5.68. The SMILES string of the molecule is Cc1cc(Cl)ccc1NC(=S)NCCCn1ccnc1. The van der Waals surface area contributed by atoms with Gasteiger partial charge >= 0.3 is 0 Å². The molecule has 0 aliphatic carbocycles. The van der Waals surface area contributed by atoms with Crippen molar-refractivity contribution in [2.24, 2.45) is 0 Å². The highest BCUT2D eigenvalue weighted by atomic mass is 35.5. The van der Waals surface area contributed by atoms with Gasteiger partial charge in [-0.15, -0.1) is 0 Å². The second kappa shape index (κ2) is 7.26. The Balaban J connectivity index is 1.72. The van der Waals surface area contributed by atoms with Gasteiger partial charge in [-0.3, -0.25) is 0 Å². The van der Waals surface area contributed by atoms with Gasteiger partial charge in [-0.2, -0.15) is 0 Å². The van der Waals surface area contributed by atoms with Gasteiger partial charge in [0, 0.05) is 36.2 Å². The van der Waals surface area contributed by atoms with Crippen molar-refractivity contribution in [1.29, 1.82) is 0 Å². The molecule has 0 aliphatic rings. The lowest BCUT2D eigenvalue weighted by atomic mass is 10.2. The van der Waals surface area contributed by atoms with Crippen LogP contribution < -0.4 is 10.6 Å². The van der Waals surface area contributed by atoms with E-state index in [4.69, 9.17) is 23.8 Å². The summed E-state index contributed by atoms with van der Waals surface area (Å²) in [7, 11) is 0. The van der Waals surface area contributed by atoms with Gasteiger partial charge in [0.1, 0.15) is 0 Å². The average molecular weight is 309 g/mol. The quantitative estimate of drug-likeness (QED) is 0.657. The second-order valence-electron chi connectivity index (χ2n) is 4.49. The van der Waals surface area contributed by atoms with Gasteiger partial charge in [0.25, 0.3) is 0 Å². The third kappa shape index (κ3) is 4.51. The molecule has 0 atom stereocenters. The Morgan fingerprint density at radius 1 is 1.45 bits per heavy atom. The molecule has 2 rings (SSSR count). The van der Waals surface area contributed by atoms with Gasteiger partial charge in [0.2, 0.25) is 0 Å². The summed E-state index contributed by atoms with van der Waals surface area (Å²) < 4.78 is 2.04. The summed E-state index contributed by atoms with van der Waals surface area (Å²) in [4.78, 5) is 4.00. The van der Waals surface area contributed by atoms with E-state index in [2.05, 4.69) is 15.6 Å². The number of nitrogens with one attached hydrogen (secondary N) is 2. The summed E-state index contributed by atoms with van der Waals surface area (Å²) in [6.07, 6.45) is 6.53. The first-order valence-corrected chi connectivity index (χ1v) is 7.20. The van der Waals surface area contributed by atoms with Gasteiger partial charge in [-0.05, 0) is 49.3 Å². The highest BCUT2D eigenvalue weighted by Gasteiger charge is 2.01. The van der Waals surface area contributed by atoms with Crippen molar-refractivity contribution in [1.82, 2.24) is 14.9 Å². The van der Waals surface area contributed by atoms with Crippen molar-refractivity contribution in [2.45, 2.75) is 19.9 Å². The van der Waals surface area contributed by atoms with Gasteiger partial charge in [0.15, 0.2) is 5.11 Å². The van der Waals surface area contributed by atoms with E-state index < -0.39 is 0 Å². The fraction of sp³-hybridized carbons (Fsp3) is 0.286. The zero-order valence-electron chi connectivity index (χ0n) is 11.3. The van der Waals surface area contributed by atoms with E-state index in [-0.39, 0.29) is 0 Å². The number of thiocarbonyl (C=S) groups is 1. The van der Waals surface area contributed by atoms with Crippen LogP contribution in [-0.4, -0.2) is 21.2 Å². The first-order valence-electron chi connectivity index (χ1n) is 6.42. The summed E-state index contributed by atoms with van der Waals surface area (Å²) >= 11 is 11.2. The zero-order chi connectivity index (χ0) is 14.4. The Kier molecular flexibility index (Phi) is 5.38. The molecule has 106 valence electrons. The second-order valence-corrected chi connectivity index (χ2v) is 5.34. The highest BCUT2D eigenvalue weighted by molar-refractivity contribution is 7.80. The van der Waals surface area contributed by atoms with Crippen LogP contribution in [0.25, 0.3) is 0 Å². The maximum atomic E-state index is 5.92. The Bertz CT molecular complexity index is 569. The van der Waals surface area contributed by atoms with E-state index in [1.807, 2.05) is 42.2 Å². The molecule has 0 unspecified atom stereocenters. The molecule has 0 spiro atoms. The molecule has 1 aromatic carbocycles. The Hall–Kier alpha value is -1.59. The number of aromatic nitrogens is 2. The van der Waals surface area contributed by atoms with Crippen LogP contribution in [0.2, 0.25) is 5.02 Å². The monoisotopic (exact) mass is 308 g/mol. The number of benzene rings is 1. The largest absolute Gasteiger partial charge is 0.362 e. The molecule has 1 aromatic heterocycles.